The van der Waals surface area contributed by atoms with Crippen LogP contribution < -0.4 is 0 Å². The van der Waals surface area contributed by atoms with Crippen LogP contribution in [-0.2, 0) is 26.2 Å². The predicted molar refractivity (Wildman–Crippen MR) is 75.6 cm³/mol. The summed E-state index contributed by atoms with van der Waals surface area (Å²) in [6.07, 6.45) is 3.44. The molecule has 0 atom stereocenters. The first kappa shape index (κ1) is 24.9. The monoisotopic (exact) mass is 465 g/mol. The SMILES string of the molecule is Br.Br.Br.CC1=[C-]C(C)(C)C(C)=C1C.[Zr]. The molecule has 0 radical (unpaired) electrons. The summed E-state index contributed by atoms with van der Waals surface area (Å²) < 4.78 is 0. The summed E-state index contributed by atoms with van der Waals surface area (Å²) in [5.41, 5.74) is 4.39. The van der Waals surface area contributed by atoms with Gasteiger partial charge in [0.25, 0.3) is 0 Å². The molecule has 14 heavy (non-hydrogen) atoms. The first-order valence-corrected chi connectivity index (χ1v) is 3.75. The molecule has 1 aliphatic rings. The average Bonchev–Trinajstić information content (AvgIpc) is 1.95. The van der Waals surface area contributed by atoms with E-state index in [4.69, 9.17) is 0 Å². The number of halogens is 3. The van der Waals surface area contributed by atoms with Crippen molar-refractivity contribution in [3.63, 3.8) is 0 Å². The second-order valence-corrected chi connectivity index (χ2v) is 3.62. The van der Waals surface area contributed by atoms with E-state index in [-0.39, 0.29) is 82.6 Å². The van der Waals surface area contributed by atoms with Gasteiger partial charge in [-0.25, -0.2) is 5.57 Å². The molecule has 0 saturated heterocycles. The normalized spacial score (nSPS) is 16.8. The molecule has 4 heteroatoms. The Hall–Kier alpha value is 1.80. The van der Waals surface area contributed by atoms with Crippen molar-refractivity contribution in [2.45, 2.75) is 34.6 Å². The molecule has 0 unspecified atom stereocenters. The van der Waals surface area contributed by atoms with Gasteiger partial charge in [0.1, 0.15) is 0 Å². The van der Waals surface area contributed by atoms with Crippen LogP contribution in [0.15, 0.2) is 16.7 Å². The van der Waals surface area contributed by atoms with E-state index in [1.54, 1.807) is 0 Å². The zero-order chi connectivity index (χ0) is 7.94. The molecule has 0 saturated carbocycles. The topological polar surface area (TPSA) is 0 Å². The van der Waals surface area contributed by atoms with Crippen molar-refractivity contribution >= 4 is 50.9 Å². The van der Waals surface area contributed by atoms with E-state index in [9.17, 15) is 0 Å². The zero-order valence-electron chi connectivity index (χ0n) is 9.22. The summed E-state index contributed by atoms with van der Waals surface area (Å²) in [5, 5.41) is 0. The third-order valence-corrected chi connectivity index (χ3v) is 2.56. The van der Waals surface area contributed by atoms with Crippen LogP contribution in [0.2, 0.25) is 0 Å². The zero-order valence-corrected chi connectivity index (χ0v) is 16.8. The quantitative estimate of drug-likeness (QED) is 0.446. The number of rotatable bonds is 0. The van der Waals surface area contributed by atoms with Crippen molar-refractivity contribution in [2.24, 2.45) is 5.41 Å². The maximum Gasteiger partial charge on any atom is 0 e. The van der Waals surface area contributed by atoms with Crippen molar-refractivity contribution in [3.05, 3.63) is 22.8 Å². The Morgan fingerprint density at radius 1 is 0.929 bits per heavy atom. The Labute approximate surface area is 138 Å². The second-order valence-electron chi connectivity index (χ2n) is 3.62. The summed E-state index contributed by atoms with van der Waals surface area (Å²) >= 11 is 0. The van der Waals surface area contributed by atoms with E-state index in [2.05, 4.69) is 40.7 Å². The van der Waals surface area contributed by atoms with Gasteiger partial charge in [-0.05, 0) is 0 Å². The summed E-state index contributed by atoms with van der Waals surface area (Å²) in [5.74, 6) is 0. The van der Waals surface area contributed by atoms with Crippen LogP contribution in [0.5, 0.6) is 0 Å². The van der Waals surface area contributed by atoms with Gasteiger partial charge < -0.3 is 0 Å². The summed E-state index contributed by atoms with van der Waals surface area (Å²) in [4.78, 5) is 0. The first-order chi connectivity index (χ1) is 4.45. The van der Waals surface area contributed by atoms with Crippen molar-refractivity contribution in [1.29, 1.82) is 0 Å². The van der Waals surface area contributed by atoms with Crippen LogP contribution in [0.3, 0.4) is 0 Å². The molecule has 0 heterocycles. The standard InChI is InChI=1S/C10H15.3BrH.Zr/c1-7-6-10(4,5)9(3)8(7)2;;;;/h1-5H3;3*1H;/q-1;;;;. The van der Waals surface area contributed by atoms with Crippen LogP contribution in [0.1, 0.15) is 34.6 Å². The smallest absolute Gasteiger partial charge is 0 e. The summed E-state index contributed by atoms with van der Waals surface area (Å²) in [7, 11) is 0. The van der Waals surface area contributed by atoms with E-state index in [1.165, 1.54) is 16.7 Å². The molecule has 0 spiro atoms. The van der Waals surface area contributed by atoms with E-state index in [1.807, 2.05) is 0 Å². The molecule has 0 aliphatic heterocycles. The Bertz CT molecular complexity index is 230. The fourth-order valence-corrected chi connectivity index (χ4v) is 1.41. The minimum absolute atomic E-state index is 0. The van der Waals surface area contributed by atoms with E-state index in [0.717, 1.165) is 0 Å². The fraction of sp³-hybridized carbons (Fsp3) is 0.600. The van der Waals surface area contributed by atoms with Crippen LogP contribution >= 0.6 is 50.9 Å². The Kier molecular flexibility index (Phi) is 15.8. The molecule has 0 aromatic carbocycles. The maximum absolute atomic E-state index is 3.44. The van der Waals surface area contributed by atoms with Gasteiger partial charge in [0, 0.05) is 26.2 Å². The van der Waals surface area contributed by atoms with Crippen molar-refractivity contribution in [2.75, 3.05) is 0 Å². The maximum atomic E-state index is 3.44. The summed E-state index contributed by atoms with van der Waals surface area (Å²) in [6.45, 7) is 10.9. The Morgan fingerprint density at radius 2 is 1.29 bits per heavy atom. The molecule has 0 bridgehead atoms. The fourth-order valence-electron chi connectivity index (χ4n) is 1.41. The van der Waals surface area contributed by atoms with Gasteiger partial charge in [-0.2, -0.15) is 11.1 Å². The minimum Gasteiger partial charge on any atom is -0.263 e. The molecule has 0 fully saturated rings. The third kappa shape index (κ3) is 5.23. The van der Waals surface area contributed by atoms with Crippen LogP contribution in [0.4, 0.5) is 0 Å². The van der Waals surface area contributed by atoms with Gasteiger partial charge in [0.05, 0.1) is 0 Å². The minimum atomic E-state index is 0. The van der Waals surface area contributed by atoms with Gasteiger partial charge in [-0.1, -0.05) is 33.1 Å². The van der Waals surface area contributed by atoms with Gasteiger partial charge in [0.2, 0.25) is 0 Å². The molecular weight excluding hydrogens is 451 g/mol. The molecule has 0 aromatic heterocycles. The largest absolute Gasteiger partial charge is 0.263 e. The Morgan fingerprint density at radius 3 is 1.36 bits per heavy atom. The molecule has 84 valence electrons. The molecule has 0 nitrogen and oxygen atoms in total. The molecular formula is C10H18Br3Zr-. The number of hydrogen-bond acceptors (Lipinski definition) is 0. The van der Waals surface area contributed by atoms with E-state index < -0.39 is 0 Å². The van der Waals surface area contributed by atoms with Crippen molar-refractivity contribution in [1.82, 2.24) is 0 Å². The van der Waals surface area contributed by atoms with Crippen molar-refractivity contribution < 1.29 is 26.2 Å². The van der Waals surface area contributed by atoms with Gasteiger partial charge in [0.15, 0.2) is 0 Å². The average molecular weight is 469 g/mol. The number of allylic oxidation sites excluding steroid dienone is 4. The van der Waals surface area contributed by atoms with E-state index in [0.29, 0.717) is 0 Å². The van der Waals surface area contributed by atoms with E-state index >= 15 is 0 Å². The predicted octanol–water partition coefficient (Wildman–Crippen LogP) is 4.84. The van der Waals surface area contributed by atoms with Gasteiger partial charge in [-0.3, -0.25) is 6.08 Å². The van der Waals surface area contributed by atoms with Gasteiger partial charge >= 0.3 is 0 Å². The second kappa shape index (κ2) is 8.90. The van der Waals surface area contributed by atoms with Crippen LogP contribution in [0, 0.1) is 11.5 Å². The molecule has 0 aromatic rings. The van der Waals surface area contributed by atoms with Gasteiger partial charge in [-0.15, -0.1) is 57.9 Å². The van der Waals surface area contributed by atoms with Crippen molar-refractivity contribution in [3.8, 4) is 0 Å². The molecule has 1 rings (SSSR count). The first-order valence-electron chi connectivity index (χ1n) is 3.75. The summed E-state index contributed by atoms with van der Waals surface area (Å²) in [6, 6.07) is 0. The molecule has 0 N–H and O–H groups in total. The molecule has 0 amide bonds. The third-order valence-electron chi connectivity index (χ3n) is 2.56. The molecule has 1 aliphatic carbocycles. The van der Waals surface area contributed by atoms with Crippen LogP contribution in [0.25, 0.3) is 0 Å². The number of hydrogen-bond donors (Lipinski definition) is 0. The van der Waals surface area contributed by atoms with Crippen LogP contribution in [-0.4, -0.2) is 0 Å². The Balaban J connectivity index is -0.000000125.